The molecule has 27 heavy (non-hydrogen) atoms. The second-order valence-electron chi connectivity index (χ2n) is 6.91. The van der Waals surface area contributed by atoms with Crippen LogP contribution in [-0.4, -0.2) is 46.6 Å². The monoisotopic (exact) mass is 386 g/mol. The Balaban J connectivity index is 3.39. The summed E-state index contributed by atoms with van der Waals surface area (Å²) in [7, 11) is 0. The molecule has 8 heteroatoms. The van der Waals surface area contributed by atoms with Crippen molar-refractivity contribution in [2.24, 2.45) is 5.92 Å². The lowest BCUT2D eigenvalue weighted by Gasteiger charge is -2.09. The van der Waals surface area contributed by atoms with Crippen molar-refractivity contribution >= 4 is 23.8 Å². The average molecular weight is 386 g/mol. The van der Waals surface area contributed by atoms with Crippen molar-refractivity contribution in [2.45, 2.75) is 84.1 Å². The molecule has 0 aliphatic heterocycles. The molecule has 0 aromatic rings. The van der Waals surface area contributed by atoms with Crippen LogP contribution in [-0.2, 0) is 19.2 Å². The van der Waals surface area contributed by atoms with Crippen LogP contribution < -0.4 is 10.6 Å². The summed E-state index contributed by atoms with van der Waals surface area (Å²) < 4.78 is 0. The Labute approximate surface area is 161 Å². The summed E-state index contributed by atoms with van der Waals surface area (Å²) in [5, 5.41) is 22.5. The molecule has 0 saturated carbocycles. The van der Waals surface area contributed by atoms with Gasteiger partial charge in [0.25, 0.3) is 0 Å². The van der Waals surface area contributed by atoms with E-state index < -0.39 is 29.8 Å². The summed E-state index contributed by atoms with van der Waals surface area (Å²) in [6, 6.07) is -0.841. The van der Waals surface area contributed by atoms with E-state index in [1.54, 1.807) is 0 Å². The van der Waals surface area contributed by atoms with Gasteiger partial charge in [0.1, 0.15) is 12.0 Å². The standard InChI is InChI=1S/C19H34N2O6/c1-14(18(24)25)17(23)20-13-11-9-7-5-3-4-6-8-10-12-16(22)21-15(2)19(26)27/h14-15H,3-13H2,1-2H3,(H,20,23)(H,21,22)(H,24,25)(H,26,27)/t14-,15+/m1/s1. The number of carboxylic acids is 2. The molecule has 2 amide bonds. The Kier molecular flexibility index (Phi) is 13.8. The first kappa shape index (κ1) is 24.9. The maximum absolute atomic E-state index is 11.5. The van der Waals surface area contributed by atoms with E-state index in [9.17, 15) is 19.2 Å². The van der Waals surface area contributed by atoms with Gasteiger partial charge >= 0.3 is 11.9 Å². The van der Waals surface area contributed by atoms with Gasteiger partial charge < -0.3 is 20.8 Å². The molecule has 0 fully saturated rings. The topological polar surface area (TPSA) is 133 Å². The number of hydrogen-bond donors (Lipinski definition) is 4. The second kappa shape index (κ2) is 15.0. The molecule has 0 rings (SSSR count). The van der Waals surface area contributed by atoms with Crippen molar-refractivity contribution in [1.82, 2.24) is 10.6 Å². The molecule has 8 nitrogen and oxygen atoms in total. The zero-order valence-corrected chi connectivity index (χ0v) is 16.5. The van der Waals surface area contributed by atoms with Crippen molar-refractivity contribution in [3.8, 4) is 0 Å². The second-order valence-corrected chi connectivity index (χ2v) is 6.91. The van der Waals surface area contributed by atoms with Crippen molar-refractivity contribution in [2.75, 3.05) is 6.54 Å². The third-order valence-corrected chi connectivity index (χ3v) is 4.39. The van der Waals surface area contributed by atoms with Crippen LogP contribution in [0.25, 0.3) is 0 Å². The van der Waals surface area contributed by atoms with Crippen LogP contribution in [0, 0.1) is 5.92 Å². The fourth-order valence-electron chi connectivity index (χ4n) is 2.50. The fourth-order valence-corrected chi connectivity index (χ4v) is 2.50. The number of carbonyl (C=O) groups excluding carboxylic acids is 2. The predicted molar refractivity (Wildman–Crippen MR) is 101 cm³/mol. The highest BCUT2D eigenvalue weighted by Crippen LogP contribution is 2.10. The van der Waals surface area contributed by atoms with E-state index in [-0.39, 0.29) is 5.91 Å². The maximum Gasteiger partial charge on any atom is 0.325 e. The number of carbonyl (C=O) groups is 4. The smallest absolute Gasteiger partial charge is 0.325 e. The Morgan fingerprint density at radius 2 is 1.22 bits per heavy atom. The molecule has 0 saturated heterocycles. The molecule has 0 unspecified atom stereocenters. The molecular weight excluding hydrogens is 352 g/mol. The molecule has 0 aliphatic carbocycles. The molecule has 0 aromatic carbocycles. The highest BCUT2D eigenvalue weighted by molar-refractivity contribution is 5.96. The normalized spacial score (nSPS) is 12.8. The quantitative estimate of drug-likeness (QED) is 0.238. The minimum atomic E-state index is -1.11. The van der Waals surface area contributed by atoms with E-state index in [2.05, 4.69) is 10.6 Å². The first-order chi connectivity index (χ1) is 12.8. The van der Waals surface area contributed by atoms with Crippen LogP contribution in [0.5, 0.6) is 0 Å². The lowest BCUT2D eigenvalue weighted by atomic mass is 10.1. The summed E-state index contributed by atoms with van der Waals surface area (Å²) in [6.45, 7) is 3.34. The lowest BCUT2D eigenvalue weighted by molar-refractivity contribution is -0.146. The Morgan fingerprint density at radius 3 is 1.70 bits per heavy atom. The summed E-state index contributed by atoms with van der Waals surface area (Å²) >= 11 is 0. The SMILES string of the molecule is C[C@@H](C(=O)O)C(=O)NCCCCCCCCCCCC(=O)N[C@@H](C)C(=O)O. The number of unbranched alkanes of at least 4 members (excludes halogenated alkanes) is 8. The van der Waals surface area contributed by atoms with E-state index in [4.69, 9.17) is 10.2 Å². The number of hydrogen-bond acceptors (Lipinski definition) is 4. The van der Waals surface area contributed by atoms with Crippen LogP contribution in [0.2, 0.25) is 0 Å². The van der Waals surface area contributed by atoms with E-state index >= 15 is 0 Å². The third kappa shape index (κ3) is 13.7. The molecule has 0 radical (unpaired) electrons. The molecular formula is C19H34N2O6. The minimum absolute atomic E-state index is 0.213. The van der Waals surface area contributed by atoms with Gasteiger partial charge in [-0.3, -0.25) is 19.2 Å². The van der Waals surface area contributed by atoms with Gasteiger partial charge in [-0.15, -0.1) is 0 Å². The zero-order valence-electron chi connectivity index (χ0n) is 16.5. The summed E-state index contributed by atoms with van der Waals surface area (Å²) in [6.07, 6.45) is 9.45. The van der Waals surface area contributed by atoms with Crippen molar-refractivity contribution in [1.29, 1.82) is 0 Å². The van der Waals surface area contributed by atoms with Crippen molar-refractivity contribution < 1.29 is 29.4 Å². The zero-order chi connectivity index (χ0) is 20.7. The molecule has 0 aromatic heterocycles. The average Bonchev–Trinajstić information content (AvgIpc) is 2.61. The molecule has 4 N–H and O–H groups in total. The van der Waals surface area contributed by atoms with Gasteiger partial charge in [-0.25, -0.2) is 0 Å². The van der Waals surface area contributed by atoms with Gasteiger partial charge in [-0.1, -0.05) is 44.9 Å². The summed E-state index contributed by atoms with van der Waals surface area (Å²) in [5.41, 5.74) is 0. The molecule has 0 bridgehead atoms. The van der Waals surface area contributed by atoms with Gasteiger partial charge in [0, 0.05) is 13.0 Å². The van der Waals surface area contributed by atoms with E-state index in [0.717, 1.165) is 57.8 Å². The van der Waals surface area contributed by atoms with Crippen LogP contribution in [0.15, 0.2) is 0 Å². The Bertz CT molecular complexity index is 481. The van der Waals surface area contributed by atoms with Gasteiger partial charge in [0.2, 0.25) is 11.8 Å². The largest absolute Gasteiger partial charge is 0.481 e. The van der Waals surface area contributed by atoms with E-state index in [1.807, 2.05) is 0 Å². The van der Waals surface area contributed by atoms with Gasteiger partial charge in [0.05, 0.1) is 0 Å². The predicted octanol–water partition coefficient (Wildman–Crippen LogP) is 2.31. The van der Waals surface area contributed by atoms with Gasteiger partial charge in [-0.2, -0.15) is 0 Å². The lowest BCUT2D eigenvalue weighted by Crippen LogP contribution is -2.38. The first-order valence-electron chi connectivity index (χ1n) is 9.78. The van der Waals surface area contributed by atoms with Crippen molar-refractivity contribution in [3.05, 3.63) is 0 Å². The molecule has 156 valence electrons. The first-order valence-corrected chi connectivity index (χ1v) is 9.78. The molecule has 0 spiro atoms. The molecule has 0 heterocycles. The number of carboxylic acid groups (broad SMARTS) is 2. The minimum Gasteiger partial charge on any atom is -0.481 e. The number of rotatable bonds is 16. The third-order valence-electron chi connectivity index (χ3n) is 4.39. The van der Waals surface area contributed by atoms with E-state index in [1.165, 1.54) is 13.8 Å². The molecule has 0 aliphatic rings. The molecule has 2 atom stereocenters. The van der Waals surface area contributed by atoms with Gasteiger partial charge in [0.15, 0.2) is 0 Å². The number of amides is 2. The van der Waals surface area contributed by atoms with Crippen LogP contribution in [0.1, 0.15) is 78.1 Å². The maximum atomic E-state index is 11.5. The summed E-state index contributed by atoms with van der Waals surface area (Å²) in [4.78, 5) is 44.2. The van der Waals surface area contributed by atoms with Crippen LogP contribution in [0.3, 0.4) is 0 Å². The van der Waals surface area contributed by atoms with Crippen LogP contribution in [0.4, 0.5) is 0 Å². The van der Waals surface area contributed by atoms with Crippen LogP contribution >= 0.6 is 0 Å². The fraction of sp³-hybridized carbons (Fsp3) is 0.789. The van der Waals surface area contributed by atoms with Crippen molar-refractivity contribution in [3.63, 3.8) is 0 Å². The Morgan fingerprint density at radius 1 is 0.741 bits per heavy atom. The van der Waals surface area contributed by atoms with E-state index in [0.29, 0.717) is 13.0 Å². The summed E-state index contributed by atoms with van der Waals surface area (Å²) in [5.74, 6) is -3.79. The number of aliphatic carboxylic acids is 2. The number of nitrogens with one attached hydrogen (secondary N) is 2. The highest BCUT2D eigenvalue weighted by Gasteiger charge is 2.19. The Hall–Kier alpha value is -2.12. The van der Waals surface area contributed by atoms with Gasteiger partial charge in [-0.05, 0) is 26.7 Å². The highest BCUT2D eigenvalue weighted by atomic mass is 16.4.